The molecule has 0 bridgehead atoms. The molecule has 154 valence electrons. The monoisotopic (exact) mass is 398 g/mol. The van der Waals surface area contributed by atoms with Crippen molar-refractivity contribution in [3.8, 4) is 0 Å². The van der Waals surface area contributed by atoms with Crippen LogP contribution in [0.1, 0.15) is 63.5 Å². The number of amides is 1. The predicted octanol–water partition coefficient (Wildman–Crippen LogP) is 3.33. The van der Waals surface area contributed by atoms with E-state index in [1.807, 2.05) is 6.07 Å². The summed E-state index contributed by atoms with van der Waals surface area (Å²) in [5, 5.41) is 0. The summed E-state index contributed by atoms with van der Waals surface area (Å²) in [7, 11) is 0. The van der Waals surface area contributed by atoms with Gasteiger partial charge in [-0.2, -0.15) is 0 Å². The molecule has 2 heterocycles. The van der Waals surface area contributed by atoms with Crippen LogP contribution in [0.3, 0.4) is 0 Å². The van der Waals surface area contributed by atoms with E-state index in [1.165, 1.54) is 0 Å². The van der Waals surface area contributed by atoms with Crippen LogP contribution >= 0.6 is 0 Å². The Bertz CT molecular complexity index is 897. The number of nitrogens with one attached hydrogen (secondary N) is 1. The second kappa shape index (κ2) is 8.94. The molecule has 0 radical (unpaired) electrons. The molecule has 1 aromatic carbocycles. The number of esters is 2. The van der Waals surface area contributed by atoms with E-state index >= 15 is 0 Å². The van der Waals surface area contributed by atoms with Gasteiger partial charge in [0.05, 0.1) is 12.2 Å². The number of aryl methyl sites for hydroxylation is 1. The van der Waals surface area contributed by atoms with Crippen LogP contribution in [-0.4, -0.2) is 47.4 Å². The third-order valence-electron chi connectivity index (χ3n) is 5.09. The first-order valence-electron chi connectivity index (χ1n) is 9.85. The number of hydrogen-bond donors (Lipinski definition) is 1. The maximum atomic E-state index is 13.0. The second-order valence-electron chi connectivity index (χ2n) is 7.07. The standard InChI is InChI=1S/C22H26N2O5/c1-4-28-22(27)18-14(2)17(15(3)23-18)21(26)29-19(16-10-6-5-7-11-16)20(25)24-12-8-9-13-24/h5-7,10-11,19,23H,4,8-9,12-13H2,1-3H3/t19-/m1/s1. The first-order chi connectivity index (χ1) is 13.9. The number of likely N-dealkylation sites (tertiary alicyclic amines) is 1. The average molecular weight is 398 g/mol. The van der Waals surface area contributed by atoms with Crippen LogP contribution in [0.5, 0.6) is 0 Å². The SMILES string of the molecule is CCOC(=O)c1[nH]c(C)c(C(=O)O[C@@H](C(=O)N2CCCC2)c2ccccc2)c1C. The summed E-state index contributed by atoms with van der Waals surface area (Å²) in [6, 6.07) is 8.99. The molecule has 1 aromatic heterocycles. The molecular formula is C22H26N2O5. The Morgan fingerprint density at radius 3 is 2.34 bits per heavy atom. The van der Waals surface area contributed by atoms with Gasteiger partial charge in [0.15, 0.2) is 0 Å². The van der Waals surface area contributed by atoms with E-state index in [0.717, 1.165) is 12.8 Å². The number of benzene rings is 1. The van der Waals surface area contributed by atoms with Crippen LogP contribution in [0.4, 0.5) is 0 Å². The molecule has 0 aliphatic carbocycles. The van der Waals surface area contributed by atoms with Gasteiger partial charge in [0, 0.05) is 24.3 Å². The fraction of sp³-hybridized carbons (Fsp3) is 0.409. The van der Waals surface area contributed by atoms with E-state index in [1.54, 1.807) is 49.9 Å². The number of carbonyl (C=O) groups is 3. The third kappa shape index (κ3) is 4.34. The molecule has 7 nitrogen and oxygen atoms in total. The highest BCUT2D eigenvalue weighted by atomic mass is 16.5. The van der Waals surface area contributed by atoms with Crippen molar-refractivity contribution in [1.82, 2.24) is 9.88 Å². The normalized spacial score (nSPS) is 14.5. The molecule has 1 saturated heterocycles. The number of H-pyrrole nitrogens is 1. The number of hydrogen-bond acceptors (Lipinski definition) is 5. The number of aromatic amines is 1. The first kappa shape index (κ1) is 20.6. The molecule has 3 rings (SSSR count). The van der Waals surface area contributed by atoms with Crippen LogP contribution < -0.4 is 0 Å². The Labute approximate surface area is 170 Å². The zero-order valence-electron chi connectivity index (χ0n) is 17.0. The molecule has 0 saturated carbocycles. The van der Waals surface area contributed by atoms with Crippen molar-refractivity contribution in [2.24, 2.45) is 0 Å². The molecule has 2 aromatic rings. The van der Waals surface area contributed by atoms with Gasteiger partial charge in [-0.05, 0) is 39.2 Å². The van der Waals surface area contributed by atoms with Crippen molar-refractivity contribution in [1.29, 1.82) is 0 Å². The van der Waals surface area contributed by atoms with Crippen molar-refractivity contribution in [2.45, 2.75) is 39.7 Å². The van der Waals surface area contributed by atoms with E-state index in [9.17, 15) is 14.4 Å². The molecule has 0 spiro atoms. The zero-order valence-corrected chi connectivity index (χ0v) is 17.0. The smallest absolute Gasteiger partial charge is 0.355 e. The minimum atomic E-state index is -1.03. The summed E-state index contributed by atoms with van der Waals surface area (Å²) >= 11 is 0. The lowest BCUT2D eigenvalue weighted by Crippen LogP contribution is -2.35. The highest BCUT2D eigenvalue weighted by molar-refractivity contribution is 5.99. The third-order valence-corrected chi connectivity index (χ3v) is 5.09. The number of ether oxygens (including phenoxy) is 2. The number of carbonyl (C=O) groups excluding carboxylic acids is 3. The summed E-state index contributed by atoms with van der Waals surface area (Å²) in [5.41, 5.74) is 2.04. The first-order valence-corrected chi connectivity index (χ1v) is 9.85. The van der Waals surface area contributed by atoms with Crippen molar-refractivity contribution in [2.75, 3.05) is 19.7 Å². The summed E-state index contributed by atoms with van der Waals surface area (Å²) in [6.07, 6.45) is 0.863. The summed E-state index contributed by atoms with van der Waals surface area (Å²) in [5.74, 6) is -1.40. The van der Waals surface area contributed by atoms with Gasteiger partial charge in [0.2, 0.25) is 6.10 Å². The van der Waals surface area contributed by atoms with Gasteiger partial charge in [0.25, 0.3) is 5.91 Å². The predicted molar refractivity (Wildman–Crippen MR) is 107 cm³/mol. The van der Waals surface area contributed by atoms with Crippen molar-refractivity contribution >= 4 is 17.8 Å². The fourth-order valence-electron chi connectivity index (χ4n) is 3.62. The van der Waals surface area contributed by atoms with E-state index in [2.05, 4.69) is 4.98 Å². The number of rotatable bonds is 6. The fourth-order valence-corrected chi connectivity index (χ4v) is 3.62. The number of aromatic nitrogens is 1. The second-order valence-corrected chi connectivity index (χ2v) is 7.07. The molecule has 1 aliphatic rings. The van der Waals surface area contributed by atoms with Gasteiger partial charge in [-0.3, -0.25) is 4.79 Å². The minimum Gasteiger partial charge on any atom is -0.461 e. The van der Waals surface area contributed by atoms with E-state index < -0.39 is 18.0 Å². The van der Waals surface area contributed by atoms with Gasteiger partial charge in [-0.25, -0.2) is 9.59 Å². The van der Waals surface area contributed by atoms with Crippen LogP contribution in [0.25, 0.3) is 0 Å². The van der Waals surface area contributed by atoms with E-state index in [4.69, 9.17) is 9.47 Å². The average Bonchev–Trinajstić information content (AvgIpc) is 3.34. The van der Waals surface area contributed by atoms with Gasteiger partial charge >= 0.3 is 11.9 Å². The van der Waals surface area contributed by atoms with Gasteiger partial charge < -0.3 is 19.4 Å². The van der Waals surface area contributed by atoms with E-state index in [-0.39, 0.29) is 23.8 Å². The van der Waals surface area contributed by atoms with Crippen molar-refractivity contribution in [3.63, 3.8) is 0 Å². The summed E-state index contributed by atoms with van der Waals surface area (Å²) in [6.45, 7) is 6.62. The Balaban J connectivity index is 1.89. The summed E-state index contributed by atoms with van der Waals surface area (Å²) in [4.78, 5) is 42.8. The molecule has 1 aliphatic heterocycles. The van der Waals surface area contributed by atoms with Crippen LogP contribution in [-0.2, 0) is 14.3 Å². The highest BCUT2D eigenvalue weighted by Gasteiger charge is 2.33. The molecule has 1 N–H and O–H groups in total. The molecule has 29 heavy (non-hydrogen) atoms. The van der Waals surface area contributed by atoms with Crippen LogP contribution in [0, 0.1) is 13.8 Å². The molecule has 1 atom stereocenters. The van der Waals surface area contributed by atoms with E-state index in [0.29, 0.717) is 29.9 Å². The maximum Gasteiger partial charge on any atom is 0.355 e. The largest absolute Gasteiger partial charge is 0.461 e. The molecule has 7 heteroatoms. The van der Waals surface area contributed by atoms with Gasteiger partial charge in [-0.15, -0.1) is 0 Å². The Morgan fingerprint density at radius 1 is 1.07 bits per heavy atom. The Hall–Kier alpha value is -3.09. The molecule has 1 fully saturated rings. The lowest BCUT2D eigenvalue weighted by Gasteiger charge is -2.23. The van der Waals surface area contributed by atoms with Crippen molar-refractivity contribution < 1.29 is 23.9 Å². The topological polar surface area (TPSA) is 88.7 Å². The lowest BCUT2D eigenvalue weighted by atomic mass is 10.1. The zero-order chi connectivity index (χ0) is 21.0. The van der Waals surface area contributed by atoms with Crippen LogP contribution in [0.2, 0.25) is 0 Å². The Kier molecular flexibility index (Phi) is 6.36. The quantitative estimate of drug-likeness (QED) is 0.754. The Morgan fingerprint density at radius 2 is 1.72 bits per heavy atom. The molecule has 1 amide bonds. The highest BCUT2D eigenvalue weighted by Crippen LogP contribution is 2.27. The summed E-state index contributed by atoms with van der Waals surface area (Å²) < 4.78 is 10.7. The molecular weight excluding hydrogens is 372 g/mol. The number of nitrogens with zero attached hydrogens (tertiary/aromatic N) is 1. The van der Waals surface area contributed by atoms with Gasteiger partial charge in [0.1, 0.15) is 5.69 Å². The maximum absolute atomic E-state index is 13.0. The lowest BCUT2D eigenvalue weighted by molar-refractivity contribution is -0.140. The minimum absolute atomic E-state index is 0.221. The van der Waals surface area contributed by atoms with Crippen LogP contribution in [0.15, 0.2) is 30.3 Å². The molecule has 0 unspecified atom stereocenters. The van der Waals surface area contributed by atoms with Crippen molar-refractivity contribution in [3.05, 3.63) is 58.4 Å². The van der Waals surface area contributed by atoms with Gasteiger partial charge in [-0.1, -0.05) is 30.3 Å².